The molecular weight excluding hydrogens is 266 g/mol. The minimum atomic E-state index is -0.797. The molecule has 0 bridgehead atoms. The zero-order chi connectivity index (χ0) is 16.0. The zero-order valence-electron chi connectivity index (χ0n) is 13.2. The largest absolute Gasteiger partial charge is 0.481 e. The number of amides is 1. The average molecular weight is 291 g/mol. The fraction of sp³-hybridized carbons (Fsp3) is 0.529. The third-order valence-electron chi connectivity index (χ3n) is 4.10. The van der Waals surface area contributed by atoms with E-state index in [1.54, 1.807) is 6.92 Å². The van der Waals surface area contributed by atoms with Crippen LogP contribution >= 0.6 is 0 Å². The molecule has 0 fully saturated rings. The van der Waals surface area contributed by atoms with Gasteiger partial charge in [-0.05, 0) is 30.0 Å². The predicted molar refractivity (Wildman–Crippen MR) is 84.2 cm³/mol. The van der Waals surface area contributed by atoms with Crippen molar-refractivity contribution < 1.29 is 14.7 Å². The van der Waals surface area contributed by atoms with Crippen LogP contribution < -0.4 is 5.32 Å². The van der Waals surface area contributed by atoms with E-state index in [0.29, 0.717) is 12.3 Å². The molecule has 0 spiro atoms. The molecule has 0 saturated carbocycles. The van der Waals surface area contributed by atoms with Gasteiger partial charge in [-0.15, -0.1) is 0 Å². The molecule has 0 aliphatic carbocycles. The van der Waals surface area contributed by atoms with Crippen LogP contribution in [-0.2, 0) is 16.0 Å². The van der Waals surface area contributed by atoms with Crippen molar-refractivity contribution in [3.63, 3.8) is 0 Å². The molecule has 4 nitrogen and oxygen atoms in total. The van der Waals surface area contributed by atoms with Crippen LogP contribution in [0.3, 0.4) is 0 Å². The van der Waals surface area contributed by atoms with Gasteiger partial charge in [0.2, 0.25) is 5.91 Å². The maximum absolute atomic E-state index is 12.1. The zero-order valence-corrected chi connectivity index (χ0v) is 13.2. The van der Waals surface area contributed by atoms with E-state index in [0.717, 1.165) is 17.7 Å². The molecule has 2 N–H and O–H groups in total. The van der Waals surface area contributed by atoms with Crippen LogP contribution in [0.5, 0.6) is 0 Å². The monoisotopic (exact) mass is 291 g/mol. The Morgan fingerprint density at radius 3 is 2.19 bits per heavy atom. The Kier molecular flexibility index (Phi) is 6.40. The number of nitrogens with one attached hydrogen (secondary N) is 1. The molecule has 1 aromatic carbocycles. The van der Waals surface area contributed by atoms with Crippen molar-refractivity contribution in [3.8, 4) is 0 Å². The summed E-state index contributed by atoms with van der Waals surface area (Å²) >= 11 is 0. The predicted octanol–water partition coefficient (Wildman–Crippen LogP) is 3.57. The van der Waals surface area contributed by atoms with Gasteiger partial charge in [-0.25, -0.2) is 0 Å². The summed E-state index contributed by atoms with van der Waals surface area (Å²) in [7, 11) is 0. The van der Waals surface area contributed by atoms with E-state index in [4.69, 9.17) is 5.11 Å². The summed E-state index contributed by atoms with van der Waals surface area (Å²) in [6, 6.07) is 7.38. The summed E-state index contributed by atoms with van der Waals surface area (Å²) < 4.78 is 0. The van der Waals surface area contributed by atoms with Crippen LogP contribution in [0.4, 0.5) is 5.69 Å². The smallest absolute Gasteiger partial charge is 0.306 e. The topological polar surface area (TPSA) is 66.4 Å². The number of benzene rings is 1. The second-order valence-corrected chi connectivity index (χ2v) is 5.80. The Morgan fingerprint density at radius 2 is 1.71 bits per heavy atom. The van der Waals surface area contributed by atoms with Crippen LogP contribution in [-0.4, -0.2) is 17.0 Å². The molecule has 1 aromatic rings. The van der Waals surface area contributed by atoms with E-state index in [2.05, 4.69) is 19.2 Å². The lowest BCUT2D eigenvalue weighted by Gasteiger charge is -2.18. The molecule has 0 radical (unpaired) electrons. The molecule has 3 atom stereocenters. The molecule has 0 saturated heterocycles. The molecule has 4 heteroatoms. The number of hydrogen-bond acceptors (Lipinski definition) is 2. The third kappa shape index (κ3) is 5.21. The van der Waals surface area contributed by atoms with Crippen LogP contribution in [0, 0.1) is 17.8 Å². The summed E-state index contributed by atoms with van der Waals surface area (Å²) in [5, 5.41) is 11.8. The summed E-state index contributed by atoms with van der Waals surface area (Å²) in [6.07, 6.45) is 1.47. The molecule has 0 heterocycles. The quantitative estimate of drug-likeness (QED) is 0.807. The van der Waals surface area contributed by atoms with E-state index in [1.807, 2.05) is 31.2 Å². The molecule has 0 aliphatic heterocycles. The van der Waals surface area contributed by atoms with Crippen LogP contribution in [0.1, 0.15) is 39.7 Å². The van der Waals surface area contributed by atoms with Gasteiger partial charge in [-0.3, -0.25) is 9.59 Å². The molecule has 1 amide bonds. The molecular formula is C17H25NO3. The Morgan fingerprint density at radius 1 is 1.14 bits per heavy atom. The first-order valence-electron chi connectivity index (χ1n) is 7.47. The number of anilines is 1. The molecule has 0 aliphatic rings. The minimum absolute atomic E-state index is 0.0241. The number of hydrogen-bond donors (Lipinski definition) is 2. The molecule has 116 valence electrons. The van der Waals surface area contributed by atoms with Gasteiger partial charge >= 0.3 is 5.97 Å². The highest BCUT2D eigenvalue weighted by atomic mass is 16.4. The van der Waals surface area contributed by atoms with Gasteiger partial charge in [0.1, 0.15) is 0 Å². The lowest BCUT2D eigenvalue weighted by molar-refractivity contribution is -0.141. The summed E-state index contributed by atoms with van der Waals surface area (Å²) in [5.74, 6) is -0.857. The minimum Gasteiger partial charge on any atom is -0.481 e. The van der Waals surface area contributed by atoms with Gasteiger partial charge in [-0.1, -0.05) is 46.2 Å². The van der Waals surface area contributed by atoms with E-state index in [-0.39, 0.29) is 11.8 Å². The van der Waals surface area contributed by atoms with Crippen LogP contribution in [0.2, 0.25) is 0 Å². The van der Waals surface area contributed by atoms with Crippen LogP contribution in [0.25, 0.3) is 0 Å². The Balaban J connectivity index is 2.62. The SMILES string of the molecule is CCC(C)C(C)C(=O)Nc1ccc(CC(C)C(=O)O)cc1. The second kappa shape index (κ2) is 7.81. The van der Waals surface area contributed by atoms with Crippen molar-refractivity contribution >= 4 is 17.6 Å². The first-order chi connectivity index (χ1) is 9.85. The number of carboxylic acid groups (broad SMARTS) is 1. The summed E-state index contributed by atoms with van der Waals surface area (Å²) in [6.45, 7) is 7.77. The van der Waals surface area contributed by atoms with Crippen molar-refractivity contribution in [1.82, 2.24) is 0 Å². The van der Waals surface area contributed by atoms with Gasteiger partial charge in [-0.2, -0.15) is 0 Å². The fourth-order valence-electron chi connectivity index (χ4n) is 2.03. The van der Waals surface area contributed by atoms with Gasteiger partial charge in [0, 0.05) is 11.6 Å². The maximum atomic E-state index is 12.1. The van der Waals surface area contributed by atoms with Gasteiger partial charge in [0.05, 0.1) is 5.92 Å². The Labute approximate surface area is 126 Å². The molecule has 1 rings (SSSR count). The van der Waals surface area contributed by atoms with E-state index >= 15 is 0 Å². The number of carboxylic acids is 1. The van der Waals surface area contributed by atoms with E-state index in [9.17, 15) is 9.59 Å². The van der Waals surface area contributed by atoms with Crippen molar-refractivity contribution in [3.05, 3.63) is 29.8 Å². The maximum Gasteiger partial charge on any atom is 0.306 e. The number of aliphatic carboxylic acids is 1. The Bertz CT molecular complexity index is 481. The number of rotatable bonds is 7. The van der Waals surface area contributed by atoms with Gasteiger partial charge in [0.25, 0.3) is 0 Å². The highest BCUT2D eigenvalue weighted by molar-refractivity contribution is 5.92. The van der Waals surface area contributed by atoms with E-state index in [1.165, 1.54) is 0 Å². The van der Waals surface area contributed by atoms with Crippen molar-refractivity contribution in [1.29, 1.82) is 0 Å². The first kappa shape index (κ1) is 17.2. The molecule has 21 heavy (non-hydrogen) atoms. The van der Waals surface area contributed by atoms with Crippen molar-refractivity contribution in [2.24, 2.45) is 17.8 Å². The fourth-order valence-corrected chi connectivity index (χ4v) is 2.03. The van der Waals surface area contributed by atoms with Crippen molar-refractivity contribution in [2.75, 3.05) is 5.32 Å². The normalized spacial score (nSPS) is 15.0. The van der Waals surface area contributed by atoms with Crippen LogP contribution in [0.15, 0.2) is 24.3 Å². The number of carbonyl (C=O) groups is 2. The first-order valence-corrected chi connectivity index (χ1v) is 7.47. The van der Waals surface area contributed by atoms with Gasteiger partial charge in [0.15, 0.2) is 0 Å². The lowest BCUT2D eigenvalue weighted by Crippen LogP contribution is -2.25. The highest BCUT2D eigenvalue weighted by Crippen LogP contribution is 2.18. The lowest BCUT2D eigenvalue weighted by atomic mass is 9.93. The van der Waals surface area contributed by atoms with Gasteiger partial charge < -0.3 is 10.4 Å². The Hall–Kier alpha value is -1.84. The second-order valence-electron chi connectivity index (χ2n) is 5.80. The summed E-state index contributed by atoms with van der Waals surface area (Å²) in [5.41, 5.74) is 1.71. The third-order valence-corrected chi connectivity index (χ3v) is 4.10. The standard InChI is InChI=1S/C17H25NO3/c1-5-11(2)13(4)16(19)18-15-8-6-14(7-9-15)10-12(3)17(20)21/h6-9,11-13H,5,10H2,1-4H3,(H,18,19)(H,20,21). The molecule has 3 unspecified atom stereocenters. The number of carbonyl (C=O) groups excluding carboxylic acids is 1. The van der Waals surface area contributed by atoms with Crippen molar-refractivity contribution in [2.45, 2.75) is 40.5 Å². The average Bonchev–Trinajstić information content (AvgIpc) is 2.47. The van der Waals surface area contributed by atoms with E-state index < -0.39 is 11.9 Å². The highest BCUT2D eigenvalue weighted by Gasteiger charge is 2.18. The molecule has 0 aromatic heterocycles. The summed E-state index contributed by atoms with van der Waals surface area (Å²) in [4.78, 5) is 22.9.